The summed E-state index contributed by atoms with van der Waals surface area (Å²) in [5.74, 6) is 1.24. The topological polar surface area (TPSA) is 50.4 Å². The number of carbonyl (C=O) groups is 1. The summed E-state index contributed by atoms with van der Waals surface area (Å²) in [5.41, 5.74) is 4.23. The molecule has 2 aromatic carbocycles. The van der Waals surface area contributed by atoms with Gasteiger partial charge < -0.3 is 15.4 Å². The molecule has 134 valence electrons. The van der Waals surface area contributed by atoms with Gasteiger partial charge in [0.15, 0.2) is 0 Å². The monoisotopic (exact) mass is 340 g/mol. The number of hydrogen-bond acceptors (Lipinski definition) is 2. The Morgan fingerprint density at radius 2 is 1.88 bits per heavy atom. The Kier molecular flexibility index (Phi) is 6.87. The lowest BCUT2D eigenvalue weighted by atomic mass is 9.98. The number of hydrogen-bond donors (Lipinski definition) is 2. The van der Waals surface area contributed by atoms with E-state index >= 15 is 0 Å². The number of aryl methyl sites for hydroxylation is 1. The third-order valence-corrected chi connectivity index (χ3v) is 4.12. The van der Waals surface area contributed by atoms with Crippen molar-refractivity contribution in [3.8, 4) is 5.75 Å². The minimum Gasteiger partial charge on any atom is -0.494 e. The van der Waals surface area contributed by atoms with Crippen LogP contribution in [0.4, 0.5) is 10.5 Å². The normalized spacial score (nSPS) is 10.6. The fourth-order valence-electron chi connectivity index (χ4n) is 2.82. The highest BCUT2D eigenvalue weighted by atomic mass is 16.5. The molecule has 2 rings (SSSR count). The maximum Gasteiger partial charge on any atom is 0.319 e. The van der Waals surface area contributed by atoms with Crippen molar-refractivity contribution >= 4 is 11.7 Å². The minimum atomic E-state index is -0.176. The molecule has 0 fully saturated rings. The van der Waals surface area contributed by atoms with Crippen molar-refractivity contribution < 1.29 is 9.53 Å². The molecule has 0 bridgehead atoms. The van der Waals surface area contributed by atoms with Gasteiger partial charge in [-0.15, -0.1) is 0 Å². The fraction of sp³-hybridized carbons (Fsp3) is 0.381. The van der Waals surface area contributed by atoms with Gasteiger partial charge in [0.05, 0.1) is 6.61 Å². The number of amides is 2. The summed E-state index contributed by atoms with van der Waals surface area (Å²) in [4.78, 5) is 12.3. The summed E-state index contributed by atoms with van der Waals surface area (Å²) in [6.45, 7) is 9.43. The highest BCUT2D eigenvalue weighted by Crippen LogP contribution is 2.27. The zero-order valence-corrected chi connectivity index (χ0v) is 15.6. The lowest BCUT2D eigenvalue weighted by Crippen LogP contribution is -2.31. The average molecular weight is 340 g/mol. The molecule has 0 unspecified atom stereocenters. The first-order valence-electron chi connectivity index (χ1n) is 8.88. The molecule has 0 spiro atoms. The Bertz CT molecular complexity index is 711. The van der Waals surface area contributed by atoms with Crippen molar-refractivity contribution in [3.63, 3.8) is 0 Å². The van der Waals surface area contributed by atoms with Gasteiger partial charge in [-0.3, -0.25) is 0 Å². The number of ether oxygens (including phenoxy) is 1. The summed E-state index contributed by atoms with van der Waals surface area (Å²) in [5, 5.41) is 5.94. The first kappa shape index (κ1) is 18.8. The molecule has 4 nitrogen and oxygen atoms in total. The third-order valence-electron chi connectivity index (χ3n) is 4.12. The Hall–Kier alpha value is -2.49. The van der Waals surface area contributed by atoms with E-state index in [1.54, 1.807) is 0 Å². The van der Waals surface area contributed by atoms with Crippen LogP contribution in [-0.2, 0) is 6.42 Å². The fourth-order valence-corrected chi connectivity index (χ4v) is 2.82. The number of anilines is 1. The zero-order chi connectivity index (χ0) is 18.2. The van der Waals surface area contributed by atoms with Gasteiger partial charge in [-0.05, 0) is 48.9 Å². The van der Waals surface area contributed by atoms with Crippen molar-refractivity contribution in [2.75, 3.05) is 18.5 Å². The van der Waals surface area contributed by atoms with Crippen molar-refractivity contribution in [1.82, 2.24) is 5.32 Å². The van der Waals surface area contributed by atoms with E-state index in [9.17, 15) is 4.79 Å². The van der Waals surface area contributed by atoms with E-state index in [1.807, 2.05) is 50.2 Å². The molecule has 2 amide bonds. The number of para-hydroxylation sites is 2. The Morgan fingerprint density at radius 3 is 2.60 bits per heavy atom. The predicted molar refractivity (Wildman–Crippen MR) is 104 cm³/mol. The van der Waals surface area contributed by atoms with Crippen LogP contribution in [0.2, 0.25) is 0 Å². The lowest BCUT2D eigenvalue weighted by molar-refractivity contribution is 0.252. The molecule has 0 aliphatic carbocycles. The summed E-state index contributed by atoms with van der Waals surface area (Å²) in [6, 6.07) is 13.9. The Balaban J connectivity index is 1.94. The van der Waals surface area contributed by atoms with Crippen LogP contribution in [0.3, 0.4) is 0 Å². The average Bonchev–Trinajstić information content (AvgIpc) is 2.58. The first-order chi connectivity index (χ1) is 12.0. The molecule has 4 heteroatoms. The summed E-state index contributed by atoms with van der Waals surface area (Å²) in [7, 11) is 0. The molecule has 0 aliphatic heterocycles. The smallest absolute Gasteiger partial charge is 0.319 e. The second-order valence-corrected chi connectivity index (χ2v) is 6.37. The molecule has 0 atom stereocenters. The molecule has 0 heterocycles. The molecule has 0 aromatic heterocycles. The lowest BCUT2D eigenvalue weighted by Gasteiger charge is -2.17. The summed E-state index contributed by atoms with van der Waals surface area (Å²) < 4.78 is 5.62. The van der Waals surface area contributed by atoms with Crippen LogP contribution in [0.1, 0.15) is 43.4 Å². The highest BCUT2D eigenvalue weighted by molar-refractivity contribution is 5.91. The van der Waals surface area contributed by atoms with Gasteiger partial charge in [0, 0.05) is 12.2 Å². The summed E-state index contributed by atoms with van der Waals surface area (Å²) in [6.07, 6.45) is 0.731. The van der Waals surface area contributed by atoms with E-state index in [2.05, 4.69) is 30.5 Å². The molecule has 0 radical (unpaired) electrons. The third kappa shape index (κ3) is 5.24. The van der Waals surface area contributed by atoms with Gasteiger partial charge in [0.25, 0.3) is 0 Å². The molecule has 2 N–H and O–H groups in total. The van der Waals surface area contributed by atoms with Gasteiger partial charge in [-0.1, -0.05) is 50.2 Å². The van der Waals surface area contributed by atoms with Crippen LogP contribution in [0, 0.1) is 6.92 Å². The SMILES string of the molecule is CCOc1ccccc1CCNC(=O)Nc1c(C)cccc1C(C)C. The predicted octanol–water partition coefficient (Wildman–Crippen LogP) is 4.88. The Morgan fingerprint density at radius 1 is 1.12 bits per heavy atom. The maximum atomic E-state index is 12.3. The van der Waals surface area contributed by atoms with Crippen LogP contribution < -0.4 is 15.4 Å². The number of carbonyl (C=O) groups excluding carboxylic acids is 1. The van der Waals surface area contributed by atoms with Crippen LogP contribution in [0.25, 0.3) is 0 Å². The van der Waals surface area contributed by atoms with Crippen molar-refractivity contribution in [3.05, 3.63) is 59.2 Å². The van der Waals surface area contributed by atoms with Crippen LogP contribution in [0.15, 0.2) is 42.5 Å². The second-order valence-electron chi connectivity index (χ2n) is 6.37. The molecule has 0 aliphatic rings. The molecule has 0 saturated carbocycles. The minimum absolute atomic E-state index is 0.176. The van der Waals surface area contributed by atoms with E-state index in [4.69, 9.17) is 4.74 Å². The molecule has 2 aromatic rings. The molecular formula is C21H28N2O2. The van der Waals surface area contributed by atoms with E-state index in [0.717, 1.165) is 34.5 Å². The van der Waals surface area contributed by atoms with Gasteiger partial charge >= 0.3 is 6.03 Å². The van der Waals surface area contributed by atoms with Crippen LogP contribution in [0.5, 0.6) is 5.75 Å². The number of rotatable bonds is 7. The molecule has 0 saturated heterocycles. The first-order valence-corrected chi connectivity index (χ1v) is 8.88. The van der Waals surface area contributed by atoms with Crippen molar-refractivity contribution in [2.45, 2.75) is 40.0 Å². The molecule has 25 heavy (non-hydrogen) atoms. The number of nitrogens with one attached hydrogen (secondary N) is 2. The summed E-state index contributed by atoms with van der Waals surface area (Å²) >= 11 is 0. The van der Waals surface area contributed by atoms with E-state index in [1.165, 1.54) is 0 Å². The van der Waals surface area contributed by atoms with Crippen LogP contribution in [-0.4, -0.2) is 19.2 Å². The maximum absolute atomic E-state index is 12.3. The van der Waals surface area contributed by atoms with Gasteiger partial charge in [0.1, 0.15) is 5.75 Å². The standard InChI is InChI=1S/C21H28N2O2/c1-5-25-19-12-7-6-10-17(19)13-14-22-21(24)23-20-16(4)9-8-11-18(20)15(2)3/h6-12,15H,5,13-14H2,1-4H3,(H2,22,23,24). The van der Waals surface area contributed by atoms with Gasteiger partial charge in [-0.2, -0.15) is 0 Å². The van der Waals surface area contributed by atoms with Gasteiger partial charge in [-0.25, -0.2) is 4.79 Å². The van der Waals surface area contributed by atoms with E-state index < -0.39 is 0 Å². The highest BCUT2D eigenvalue weighted by Gasteiger charge is 2.12. The van der Waals surface area contributed by atoms with Crippen molar-refractivity contribution in [2.24, 2.45) is 0 Å². The van der Waals surface area contributed by atoms with E-state index in [-0.39, 0.29) is 6.03 Å². The zero-order valence-electron chi connectivity index (χ0n) is 15.6. The number of benzene rings is 2. The molecular weight excluding hydrogens is 312 g/mol. The largest absolute Gasteiger partial charge is 0.494 e. The quantitative estimate of drug-likeness (QED) is 0.754. The van der Waals surface area contributed by atoms with Gasteiger partial charge in [0.2, 0.25) is 0 Å². The van der Waals surface area contributed by atoms with E-state index in [0.29, 0.717) is 19.1 Å². The Labute approximate surface area is 150 Å². The van der Waals surface area contributed by atoms with Crippen molar-refractivity contribution in [1.29, 1.82) is 0 Å². The number of urea groups is 1. The second kappa shape index (κ2) is 9.11. The van der Waals surface area contributed by atoms with Crippen LogP contribution >= 0.6 is 0 Å².